The van der Waals surface area contributed by atoms with Crippen molar-refractivity contribution in [2.75, 3.05) is 12.4 Å². The van der Waals surface area contributed by atoms with Gasteiger partial charge in [0.25, 0.3) is 0 Å². The van der Waals surface area contributed by atoms with E-state index in [1.807, 2.05) is 34.9 Å². The maximum Gasteiger partial charge on any atom is 0.230 e. The van der Waals surface area contributed by atoms with Gasteiger partial charge in [-0.25, -0.2) is 0 Å². The minimum atomic E-state index is 0.0586. The normalized spacial score (nSPS) is 14.3. The van der Waals surface area contributed by atoms with Gasteiger partial charge in [-0.3, -0.25) is 9.36 Å². The molecule has 156 valence electrons. The summed E-state index contributed by atoms with van der Waals surface area (Å²) in [6.45, 7) is 9.37. The number of ether oxygens (including phenoxy) is 1. The van der Waals surface area contributed by atoms with E-state index in [1.165, 1.54) is 24.6 Å². The molecule has 2 aromatic rings. The van der Waals surface area contributed by atoms with Crippen LogP contribution in [0.4, 0.5) is 0 Å². The molecular weight excluding hydrogens is 384 g/mol. The third-order valence-electron chi connectivity index (χ3n) is 4.78. The zero-order valence-electron chi connectivity index (χ0n) is 17.3. The van der Waals surface area contributed by atoms with Gasteiger partial charge in [0.2, 0.25) is 5.91 Å². The van der Waals surface area contributed by atoms with Crippen LogP contribution in [0.15, 0.2) is 42.1 Å². The lowest BCUT2D eigenvalue weighted by atomic mass is 10.2. The molecule has 1 amide bonds. The van der Waals surface area contributed by atoms with E-state index in [4.69, 9.17) is 4.74 Å². The molecule has 29 heavy (non-hydrogen) atoms. The molecule has 0 spiro atoms. The minimum absolute atomic E-state index is 0.0586. The fraction of sp³-hybridized carbons (Fsp3) is 0.500. The smallest absolute Gasteiger partial charge is 0.230 e. The first-order valence-corrected chi connectivity index (χ1v) is 11.2. The lowest BCUT2D eigenvalue weighted by Gasteiger charge is -2.12. The van der Waals surface area contributed by atoms with Crippen LogP contribution in [0.5, 0.6) is 5.75 Å². The number of allylic oxidation sites excluding steroid dienone is 1. The topological polar surface area (TPSA) is 69.0 Å². The third-order valence-corrected chi connectivity index (χ3v) is 5.74. The van der Waals surface area contributed by atoms with Crippen molar-refractivity contribution < 1.29 is 9.53 Å². The largest absolute Gasteiger partial charge is 0.493 e. The summed E-state index contributed by atoms with van der Waals surface area (Å²) < 4.78 is 7.74. The van der Waals surface area contributed by atoms with Crippen LogP contribution in [-0.2, 0) is 11.3 Å². The van der Waals surface area contributed by atoms with E-state index >= 15 is 0 Å². The zero-order valence-corrected chi connectivity index (χ0v) is 18.1. The van der Waals surface area contributed by atoms with Crippen LogP contribution < -0.4 is 10.1 Å². The Labute approximate surface area is 177 Å². The summed E-state index contributed by atoms with van der Waals surface area (Å²) >= 11 is 1.41. The van der Waals surface area contributed by atoms with Crippen molar-refractivity contribution >= 4 is 17.7 Å². The Balaban J connectivity index is 1.66. The number of aromatic nitrogens is 3. The van der Waals surface area contributed by atoms with Gasteiger partial charge in [-0.05, 0) is 43.0 Å². The number of hydrogen-bond acceptors (Lipinski definition) is 5. The van der Waals surface area contributed by atoms with E-state index in [9.17, 15) is 4.79 Å². The fourth-order valence-corrected chi connectivity index (χ4v) is 4.09. The molecule has 0 saturated heterocycles. The SMILES string of the molecule is C=CCn1c(SCC(=O)NC2CCCC2)nnc1-c1ccc(OCC(C)C)cc1. The van der Waals surface area contributed by atoms with E-state index in [0.717, 1.165) is 35.1 Å². The quantitative estimate of drug-likeness (QED) is 0.463. The van der Waals surface area contributed by atoms with E-state index in [2.05, 4.69) is 35.9 Å². The zero-order chi connectivity index (χ0) is 20.6. The van der Waals surface area contributed by atoms with Crippen molar-refractivity contribution in [1.82, 2.24) is 20.1 Å². The maximum atomic E-state index is 12.2. The van der Waals surface area contributed by atoms with Crippen LogP contribution in [-0.4, -0.2) is 39.1 Å². The molecule has 1 aromatic carbocycles. The first-order chi connectivity index (χ1) is 14.1. The molecule has 0 bridgehead atoms. The molecule has 3 rings (SSSR count). The highest BCUT2D eigenvalue weighted by Crippen LogP contribution is 2.26. The lowest BCUT2D eigenvalue weighted by molar-refractivity contribution is -0.119. The number of thioether (sulfide) groups is 1. The molecule has 1 aromatic heterocycles. The summed E-state index contributed by atoms with van der Waals surface area (Å²) in [5.41, 5.74) is 0.957. The maximum absolute atomic E-state index is 12.2. The molecule has 1 saturated carbocycles. The summed E-state index contributed by atoms with van der Waals surface area (Å²) in [4.78, 5) is 12.2. The van der Waals surface area contributed by atoms with Crippen molar-refractivity contribution in [3.8, 4) is 17.1 Å². The number of carbonyl (C=O) groups excluding carboxylic acids is 1. The second-order valence-corrected chi connectivity index (χ2v) is 8.71. The van der Waals surface area contributed by atoms with Crippen LogP contribution in [0.3, 0.4) is 0 Å². The van der Waals surface area contributed by atoms with Gasteiger partial charge in [0.15, 0.2) is 11.0 Å². The molecular formula is C22H30N4O2S. The molecule has 0 unspecified atom stereocenters. The monoisotopic (exact) mass is 414 g/mol. The van der Waals surface area contributed by atoms with Gasteiger partial charge in [0, 0.05) is 18.2 Å². The molecule has 1 aliphatic carbocycles. The van der Waals surface area contributed by atoms with Crippen LogP contribution in [0.25, 0.3) is 11.4 Å². The van der Waals surface area contributed by atoms with Gasteiger partial charge >= 0.3 is 0 Å². The van der Waals surface area contributed by atoms with Gasteiger partial charge < -0.3 is 10.1 Å². The molecule has 0 aliphatic heterocycles. The Morgan fingerprint density at radius 1 is 1.31 bits per heavy atom. The summed E-state index contributed by atoms with van der Waals surface area (Å²) in [5.74, 6) is 2.49. The van der Waals surface area contributed by atoms with E-state index < -0.39 is 0 Å². The fourth-order valence-electron chi connectivity index (χ4n) is 3.34. The number of nitrogens with zero attached hydrogens (tertiary/aromatic N) is 3. The van der Waals surface area contributed by atoms with Crippen molar-refractivity contribution in [2.45, 2.75) is 57.3 Å². The number of rotatable bonds is 10. The number of nitrogens with one attached hydrogen (secondary N) is 1. The lowest BCUT2D eigenvalue weighted by Crippen LogP contribution is -2.33. The molecule has 0 atom stereocenters. The Morgan fingerprint density at radius 2 is 2.03 bits per heavy atom. The Morgan fingerprint density at radius 3 is 2.69 bits per heavy atom. The number of amides is 1. The Hall–Kier alpha value is -2.28. The average molecular weight is 415 g/mol. The van der Waals surface area contributed by atoms with Gasteiger partial charge in [0.05, 0.1) is 12.4 Å². The molecule has 1 heterocycles. The predicted octanol–water partition coefficient (Wildman–Crippen LogP) is 4.32. The first-order valence-electron chi connectivity index (χ1n) is 10.3. The standard InChI is InChI=1S/C22H30N4O2S/c1-4-13-26-21(17-9-11-19(12-10-17)28-14-16(2)3)24-25-22(26)29-15-20(27)23-18-7-5-6-8-18/h4,9-12,16,18H,1,5-8,13-15H2,2-3H3,(H,23,27). The highest BCUT2D eigenvalue weighted by Gasteiger charge is 2.19. The van der Waals surface area contributed by atoms with E-state index in [1.54, 1.807) is 0 Å². The van der Waals surface area contributed by atoms with Crippen LogP contribution in [0.1, 0.15) is 39.5 Å². The number of benzene rings is 1. The second-order valence-electron chi connectivity index (χ2n) is 7.77. The van der Waals surface area contributed by atoms with E-state index in [-0.39, 0.29) is 5.91 Å². The molecule has 6 nitrogen and oxygen atoms in total. The number of carbonyl (C=O) groups is 1. The van der Waals surface area contributed by atoms with Gasteiger partial charge in [-0.15, -0.1) is 16.8 Å². The van der Waals surface area contributed by atoms with Crippen molar-refractivity contribution in [3.05, 3.63) is 36.9 Å². The van der Waals surface area contributed by atoms with Crippen LogP contribution >= 0.6 is 11.8 Å². The predicted molar refractivity (Wildman–Crippen MR) is 117 cm³/mol. The van der Waals surface area contributed by atoms with Gasteiger partial charge in [0.1, 0.15) is 5.75 Å². The van der Waals surface area contributed by atoms with Gasteiger partial charge in [-0.2, -0.15) is 0 Å². The Kier molecular flexibility index (Phi) is 7.75. The summed E-state index contributed by atoms with van der Waals surface area (Å²) in [7, 11) is 0. The third kappa shape index (κ3) is 6.10. The summed E-state index contributed by atoms with van der Waals surface area (Å²) in [5, 5.41) is 12.5. The first kappa shape index (κ1) is 21.4. The molecule has 1 fully saturated rings. The Bertz CT molecular complexity index is 811. The van der Waals surface area contributed by atoms with Crippen molar-refractivity contribution in [1.29, 1.82) is 0 Å². The molecule has 0 radical (unpaired) electrons. The van der Waals surface area contributed by atoms with E-state index in [0.29, 0.717) is 30.9 Å². The van der Waals surface area contributed by atoms with Crippen LogP contribution in [0, 0.1) is 5.92 Å². The average Bonchev–Trinajstić information content (AvgIpc) is 3.35. The molecule has 1 aliphatic rings. The second kappa shape index (κ2) is 10.5. The highest BCUT2D eigenvalue weighted by atomic mass is 32.2. The number of hydrogen-bond donors (Lipinski definition) is 1. The van der Waals surface area contributed by atoms with Crippen LogP contribution in [0.2, 0.25) is 0 Å². The summed E-state index contributed by atoms with van der Waals surface area (Å²) in [6, 6.07) is 8.21. The van der Waals surface area contributed by atoms with Gasteiger partial charge in [-0.1, -0.05) is 44.5 Å². The molecule has 7 heteroatoms. The highest BCUT2D eigenvalue weighted by molar-refractivity contribution is 7.99. The van der Waals surface area contributed by atoms with Crippen molar-refractivity contribution in [3.63, 3.8) is 0 Å². The minimum Gasteiger partial charge on any atom is -0.493 e. The van der Waals surface area contributed by atoms with Crippen molar-refractivity contribution in [2.24, 2.45) is 5.92 Å². The molecule has 1 N–H and O–H groups in total. The summed E-state index contributed by atoms with van der Waals surface area (Å²) in [6.07, 6.45) is 6.40.